The van der Waals surface area contributed by atoms with E-state index in [0.29, 0.717) is 12.4 Å². The molecule has 146 valence electrons. The number of nitrogens with zero attached hydrogens (tertiary/aromatic N) is 1. The van der Waals surface area contributed by atoms with Crippen molar-refractivity contribution in [1.29, 1.82) is 0 Å². The van der Waals surface area contributed by atoms with E-state index in [9.17, 15) is 4.79 Å². The number of aromatic nitrogens is 2. The number of carbonyl (C=O) groups excluding carboxylic acids is 1. The van der Waals surface area contributed by atoms with Crippen LogP contribution in [0.25, 0.3) is 22.0 Å². The fraction of sp³-hybridized carbons (Fsp3) is 0.167. The molecule has 0 saturated heterocycles. The third-order valence-electron chi connectivity index (χ3n) is 4.87. The summed E-state index contributed by atoms with van der Waals surface area (Å²) in [6.07, 6.45) is 0. The van der Waals surface area contributed by atoms with Crippen LogP contribution >= 0.6 is 0 Å². The number of benzene rings is 3. The van der Waals surface area contributed by atoms with E-state index in [-0.39, 0.29) is 12.5 Å². The number of hydrogen-bond donors (Lipinski definition) is 2. The van der Waals surface area contributed by atoms with Crippen LogP contribution < -0.4 is 5.32 Å². The summed E-state index contributed by atoms with van der Waals surface area (Å²) in [6.45, 7) is 4.57. The normalized spacial score (nSPS) is 11.0. The molecule has 1 aromatic heterocycles. The highest BCUT2D eigenvalue weighted by molar-refractivity contribution is 6.01. The SMILES string of the molecule is Cc1ccc(C)c(-c2ccc3c(NC(=O)COCc4ccccc4)n[nH]c3c2)c1. The Bertz CT molecular complexity index is 1150. The Morgan fingerprint density at radius 2 is 1.86 bits per heavy atom. The summed E-state index contributed by atoms with van der Waals surface area (Å²) < 4.78 is 5.49. The van der Waals surface area contributed by atoms with Crippen LogP contribution in [0.1, 0.15) is 16.7 Å². The molecule has 4 rings (SSSR count). The molecule has 29 heavy (non-hydrogen) atoms. The van der Waals surface area contributed by atoms with Crippen LogP contribution in [0.2, 0.25) is 0 Å². The van der Waals surface area contributed by atoms with Crippen LogP contribution in [-0.4, -0.2) is 22.7 Å². The Balaban J connectivity index is 1.45. The summed E-state index contributed by atoms with van der Waals surface area (Å²) in [5, 5.41) is 11.0. The Labute approximate surface area is 169 Å². The Kier molecular flexibility index (Phi) is 5.40. The molecule has 0 aliphatic carbocycles. The molecule has 0 atom stereocenters. The van der Waals surface area contributed by atoms with E-state index in [2.05, 4.69) is 59.7 Å². The highest BCUT2D eigenvalue weighted by atomic mass is 16.5. The summed E-state index contributed by atoms with van der Waals surface area (Å²) in [6, 6.07) is 22.3. The molecular formula is C24H23N3O2. The minimum atomic E-state index is -0.229. The first-order chi connectivity index (χ1) is 14.1. The van der Waals surface area contributed by atoms with Crippen molar-refractivity contribution in [3.8, 4) is 11.1 Å². The minimum Gasteiger partial charge on any atom is -0.367 e. The number of anilines is 1. The van der Waals surface area contributed by atoms with Gasteiger partial charge in [-0.05, 0) is 48.2 Å². The van der Waals surface area contributed by atoms with Gasteiger partial charge in [0.2, 0.25) is 0 Å². The number of aryl methyl sites for hydroxylation is 2. The second-order valence-electron chi connectivity index (χ2n) is 7.18. The van der Waals surface area contributed by atoms with Gasteiger partial charge in [0.05, 0.1) is 12.1 Å². The van der Waals surface area contributed by atoms with Crippen molar-refractivity contribution < 1.29 is 9.53 Å². The quantitative estimate of drug-likeness (QED) is 0.491. The minimum absolute atomic E-state index is 0.0240. The van der Waals surface area contributed by atoms with Crippen LogP contribution in [0.4, 0.5) is 5.82 Å². The maximum Gasteiger partial charge on any atom is 0.251 e. The van der Waals surface area contributed by atoms with Gasteiger partial charge in [-0.2, -0.15) is 5.10 Å². The van der Waals surface area contributed by atoms with Gasteiger partial charge in [-0.25, -0.2) is 0 Å². The first-order valence-electron chi connectivity index (χ1n) is 9.57. The van der Waals surface area contributed by atoms with E-state index in [1.807, 2.05) is 36.4 Å². The van der Waals surface area contributed by atoms with Gasteiger partial charge >= 0.3 is 0 Å². The van der Waals surface area contributed by atoms with E-state index in [0.717, 1.165) is 22.0 Å². The van der Waals surface area contributed by atoms with Crippen LogP contribution in [0.5, 0.6) is 0 Å². The van der Waals surface area contributed by atoms with Crippen molar-refractivity contribution >= 4 is 22.6 Å². The average Bonchev–Trinajstić information content (AvgIpc) is 3.12. The lowest BCUT2D eigenvalue weighted by Crippen LogP contribution is -2.18. The van der Waals surface area contributed by atoms with Crippen molar-refractivity contribution in [2.75, 3.05) is 11.9 Å². The molecule has 0 spiro atoms. The summed E-state index contributed by atoms with van der Waals surface area (Å²) in [4.78, 5) is 12.2. The number of ether oxygens (including phenoxy) is 1. The number of carbonyl (C=O) groups is 1. The Hall–Kier alpha value is -3.44. The van der Waals surface area contributed by atoms with E-state index in [4.69, 9.17) is 4.74 Å². The highest BCUT2D eigenvalue weighted by Gasteiger charge is 2.11. The van der Waals surface area contributed by atoms with Crippen molar-refractivity contribution in [2.24, 2.45) is 0 Å². The number of H-pyrrole nitrogens is 1. The largest absolute Gasteiger partial charge is 0.367 e. The van der Waals surface area contributed by atoms with E-state index in [1.165, 1.54) is 16.7 Å². The van der Waals surface area contributed by atoms with Crippen molar-refractivity contribution in [3.05, 3.63) is 83.4 Å². The number of nitrogens with one attached hydrogen (secondary N) is 2. The molecule has 0 radical (unpaired) electrons. The van der Waals surface area contributed by atoms with E-state index in [1.54, 1.807) is 0 Å². The van der Waals surface area contributed by atoms with Gasteiger partial charge in [0.15, 0.2) is 5.82 Å². The predicted molar refractivity (Wildman–Crippen MR) is 116 cm³/mol. The first-order valence-corrected chi connectivity index (χ1v) is 9.57. The van der Waals surface area contributed by atoms with Crippen molar-refractivity contribution in [2.45, 2.75) is 20.5 Å². The number of aromatic amines is 1. The molecule has 0 aliphatic heterocycles. The zero-order chi connectivity index (χ0) is 20.2. The van der Waals surface area contributed by atoms with Gasteiger partial charge in [0.1, 0.15) is 6.61 Å². The molecule has 0 bridgehead atoms. The molecule has 0 aliphatic rings. The van der Waals surface area contributed by atoms with Gasteiger partial charge in [0.25, 0.3) is 5.91 Å². The second kappa shape index (κ2) is 8.29. The molecule has 1 heterocycles. The highest BCUT2D eigenvalue weighted by Crippen LogP contribution is 2.29. The standard InChI is InChI=1S/C24H23N3O2/c1-16-8-9-17(2)21(12-16)19-10-11-20-22(13-19)26-27-24(20)25-23(28)15-29-14-18-6-4-3-5-7-18/h3-13H,14-15H2,1-2H3,(H2,25,26,27,28). The second-order valence-corrected chi connectivity index (χ2v) is 7.18. The zero-order valence-corrected chi connectivity index (χ0v) is 16.5. The van der Waals surface area contributed by atoms with Gasteiger partial charge in [-0.3, -0.25) is 9.89 Å². The molecule has 1 amide bonds. The summed E-state index contributed by atoms with van der Waals surface area (Å²) >= 11 is 0. The van der Waals surface area contributed by atoms with Crippen LogP contribution in [0.3, 0.4) is 0 Å². The molecule has 0 fully saturated rings. The summed E-state index contributed by atoms with van der Waals surface area (Å²) in [7, 11) is 0. The molecular weight excluding hydrogens is 362 g/mol. The lowest BCUT2D eigenvalue weighted by molar-refractivity contribution is -0.121. The van der Waals surface area contributed by atoms with Crippen LogP contribution in [-0.2, 0) is 16.1 Å². The predicted octanol–water partition coefficient (Wildman–Crippen LogP) is 5.00. The smallest absolute Gasteiger partial charge is 0.251 e. The molecule has 0 saturated carbocycles. The van der Waals surface area contributed by atoms with Gasteiger partial charge in [0, 0.05) is 5.39 Å². The van der Waals surface area contributed by atoms with E-state index < -0.39 is 0 Å². The van der Waals surface area contributed by atoms with Gasteiger partial charge < -0.3 is 10.1 Å². The number of hydrogen-bond acceptors (Lipinski definition) is 3. The summed E-state index contributed by atoms with van der Waals surface area (Å²) in [5.41, 5.74) is 6.67. The maximum atomic E-state index is 12.2. The van der Waals surface area contributed by atoms with Crippen molar-refractivity contribution in [3.63, 3.8) is 0 Å². The van der Waals surface area contributed by atoms with Gasteiger partial charge in [-0.15, -0.1) is 0 Å². The molecule has 3 aromatic carbocycles. The lowest BCUT2D eigenvalue weighted by Gasteiger charge is -2.08. The van der Waals surface area contributed by atoms with E-state index >= 15 is 0 Å². The van der Waals surface area contributed by atoms with Crippen molar-refractivity contribution in [1.82, 2.24) is 10.2 Å². The maximum absolute atomic E-state index is 12.2. The molecule has 5 heteroatoms. The Morgan fingerprint density at radius 1 is 1.03 bits per heavy atom. The number of amides is 1. The third-order valence-corrected chi connectivity index (χ3v) is 4.87. The molecule has 5 nitrogen and oxygen atoms in total. The summed E-state index contributed by atoms with van der Waals surface area (Å²) in [5.74, 6) is 0.286. The van der Waals surface area contributed by atoms with Crippen LogP contribution in [0.15, 0.2) is 66.7 Å². The first kappa shape index (κ1) is 18.9. The lowest BCUT2D eigenvalue weighted by atomic mass is 9.98. The Morgan fingerprint density at radius 3 is 2.69 bits per heavy atom. The van der Waals surface area contributed by atoms with Crippen LogP contribution in [0, 0.1) is 13.8 Å². The molecule has 4 aromatic rings. The van der Waals surface area contributed by atoms with Gasteiger partial charge in [-0.1, -0.05) is 60.2 Å². The fourth-order valence-electron chi connectivity index (χ4n) is 3.33. The zero-order valence-electron chi connectivity index (χ0n) is 16.5. The fourth-order valence-corrected chi connectivity index (χ4v) is 3.33. The molecule has 2 N–H and O–H groups in total. The average molecular weight is 385 g/mol. The topological polar surface area (TPSA) is 67.0 Å². The monoisotopic (exact) mass is 385 g/mol. The number of fused-ring (bicyclic) bond motifs is 1. The third kappa shape index (κ3) is 4.36. The number of rotatable bonds is 6. The molecule has 0 unspecified atom stereocenters.